The Labute approximate surface area is 165 Å². The van der Waals surface area contributed by atoms with Gasteiger partial charge in [0.15, 0.2) is 0 Å². The van der Waals surface area contributed by atoms with Crippen LogP contribution in [0.1, 0.15) is 41.6 Å². The molecule has 4 nitrogen and oxygen atoms in total. The number of nitrogens with zero attached hydrogens (tertiary/aromatic N) is 1. The summed E-state index contributed by atoms with van der Waals surface area (Å²) in [7, 11) is 0. The number of carbonyl (C=O) groups is 1. The number of amides is 1. The van der Waals surface area contributed by atoms with Gasteiger partial charge in [0, 0.05) is 36.9 Å². The van der Waals surface area contributed by atoms with Crippen molar-refractivity contribution in [1.82, 2.24) is 9.88 Å². The van der Waals surface area contributed by atoms with Crippen LogP contribution in [0.5, 0.6) is 0 Å². The summed E-state index contributed by atoms with van der Waals surface area (Å²) in [5.74, 6) is 0.642. The number of hydrogen-bond acceptors (Lipinski definition) is 2. The van der Waals surface area contributed by atoms with Gasteiger partial charge in [0.1, 0.15) is 0 Å². The van der Waals surface area contributed by atoms with Crippen LogP contribution in [0.25, 0.3) is 10.9 Å². The lowest BCUT2D eigenvalue weighted by Gasteiger charge is -2.22. The van der Waals surface area contributed by atoms with Gasteiger partial charge in [-0.25, -0.2) is 0 Å². The number of carbonyl (C=O) groups excluding carboxylic acids is 1. The van der Waals surface area contributed by atoms with Gasteiger partial charge in [0.05, 0.1) is 11.1 Å². The van der Waals surface area contributed by atoms with Crippen molar-refractivity contribution in [2.75, 3.05) is 13.2 Å². The number of nitrogens with one attached hydrogen (secondary N) is 1. The number of rotatable bonds is 5. The van der Waals surface area contributed by atoms with Gasteiger partial charge in [0.25, 0.3) is 5.91 Å². The molecule has 0 atom stereocenters. The molecule has 0 unspecified atom stereocenters. The van der Waals surface area contributed by atoms with E-state index in [2.05, 4.69) is 46.4 Å². The van der Waals surface area contributed by atoms with Gasteiger partial charge in [-0.1, -0.05) is 48.5 Å². The van der Waals surface area contributed by atoms with E-state index in [-0.39, 0.29) is 11.4 Å². The van der Waals surface area contributed by atoms with Gasteiger partial charge >= 0.3 is 0 Å². The zero-order valence-electron chi connectivity index (χ0n) is 16.1. The highest BCUT2D eigenvalue weighted by Gasteiger charge is 2.45. The van der Waals surface area contributed by atoms with Crippen LogP contribution in [0.15, 0.2) is 60.8 Å². The van der Waals surface area contributed by atoms with Crippen LogP contribution < -0.4 is 5.32 Å². The molecule has 1 amide bonds. The first-order valence-electron chi connectivity index (χ1n) is 10.3. The largest absolute Gasteiger partial charge is 0.381 e. The van der Waals surface area contributed by atoms with Gasteiger partial charge in [-0.2, -0.15) is 0 Å². The first-order valence-corrected chi connectivity index (χ1v) is 10.3. The molecule has 1 aliphatic carbocycles. The predicted octanol–water partition coefficient (Wildman–Crippen LogP) is 4.49. The topological polar surface area (TPSA) is 43.3 Å². The van der Waals surface area contributed by atoms with Crippen molar-refractivity contribution in [2.24, 2.45) is 5.92 Å². The van der Waals surface area contributed by atoms with Crippen LogP contribution in [-0.4, -0.2) is 23.7 Å². The molecule has 1 N–H and O–H groups in total. The third-order valence-corrected chi connectivity index (χ3v) is 6.26. The molecule has 28 heavy (non-hydrogen) atoms. The Morgan fingerprint density at radius 2 is 1.75 bits per heavy atom. The summed E-state index contributed by atoms with van der Waals surface area (Å²) in [6.45, 7) is 2.63. The third kappa shape index (κ3) is 3.22. The van der Waals surface area contributed by atoms with Crippen molar-refractivity contribution in [1.29, 1.82) is 0 Å². The minimum absolute atomic E-state index is 0.0308. The standard InChI is InChI=1S/C24H26N2O2/c27-23(25-24(12-13-24)19-6-2-1-3-7-19)21-17-26(16-18-10-14-28-15-11-18)22-9-5-4-8-20(21)22/h1-9,17-18H,10-16H2,(H,25,27). The predicted molar refractivity (Wildman–Crippen MR) is 110 cm³/mol. The lowest BCUT2D eigenvalue weighted by atomic mass is 10.0. The van der Waals surface area contributed by atoms with Crippen LogP contribution >= 0.6 is 0 Å². The molecule has 3 aromatic rings. The molecule has 144 valence electrons. The molecule has 2 aliphatic rings. The van der Waals surface area contributed by atoms with Crippen LogP contribution in [0.2, 0.25) is 0 Å². The first kappa shape index (κ1) is 17.5. The van der Waals surface area contributed by atoms with Crippen molar-refractivity contribution in [2.45, 2.75) is 37.8 Å². The second-order valence-electron chi connectivity index (χ2n) is 8.17. The van der Waals surface area contributed by atoms with Crippen molar-refractivity contribution in [3.05, 3.63) is 71.9 Å². The van der Waals surface area contributed by atoms with E-state index in [1.165, 1.54) is 5.56 Å². The number of aromatic nitrogens is 1. The second kappa shape index (κ2) is 7.10. The van der Waals surface area contributed by atoms with E-state index < -0.39 is 0 Å². The van der Waals surface area contributed by atoms with E-state index in [1.54, 1.807) is 0 Å². The Balaban J connectivity index is 1.43. The summed E-state index contributed by atoms with van der Waals surface area (Å²) >= 11 is 0. The van der Waals surface area contributed by atoms with Crippen molar-refractivity contribution < 1.29 is 9.53 Å². The maximum Gasteiger partial charge on any atom is 0.254 e. The molecule has 2 aromatic carbocycles. The lowest BCUT2D eigenvalue weighted by Crippen LogP contribution is -2.34. The monoisotopic (exact) mass is 374 g/mol. The van der Waals surface area contributed by atoms with Crippen molar-refractivity contribution in [3.8, 4) is 0 Å². The minimum atomic E-state index is -0.192. The molecule has 2 heterocycles. The van der Waals surface area contributed by atoms with Gasteiger partial charge in [-0.05, 0) is 43.2 Å². The highest BCUT2D eigenvalue weighted by Crippen LogP contribution is 2.45. The van der Waals surface area contributed by atoms with Gasteiger partial charge in [-0.3, -0.25) is 4.79 Å². The van der Waals surface area contributed by atoms with Crippen molar-refractivity contribution in [3.63, 3.8) is 0 Å². The van der Waals surface area contributed by atoms with E-state index >= 15 is 0 Å². The maximum absolute atomic E-state index is 13.2. The van der Waals surface area contributed by atoms with E-state index in [1.807, 2.05) is 24.3 Å². The van der Waals surface area contributed by atoms with E-state index in [0.717, 1.165) is 61.9 Å². The highest BCUT2D eigenvalue weighted by atomic mass is 16.5. The molecule has 1 saturated heterocycles. The Kier molecular flexibility index (Phi) is 4.44. The Morgan fingerprint density at radius 3 is 2.50 bits per heavy atom. The number of ether oxygens (including phenoxy) is 1. The quantitative estimate of drug-likeness (QED) is 0.715. The van der Waals surface area contributed by atoms with Gasteiger partial charge < -0.3 is 14.6 Å². The fourth-order valence-electron chi connectivity index (χ4n) is 4.44. The molecular weight excluding hydrogens is 348 g/mol. The van der Waals surface area contributed by atoms with Crippen LogP contribution in [0.4, 0.5) is 0 Å². The summed E-state index contributed by atoms with van der Waals surface area (Å²) in [5, 5.41) is 4.37. The summed E-state index contributed by atoms with van der Waals surface area (Å²) in [4.78, 5) is 13.2. The number of hydrogen-bond donors (Lipinski definition) is 1. The molecule has 5 rings (SSSR count). The molecule has 1 saturated carbocycles. The van der Waals surface area contributed by atoms with Gasteiger partial charge in [0.2, 0.25) is 0 Å². The zero-order valence-corrected chi connectivity index (χ0v) is 16.1. The van der Waals surface area contributed by atoms with Crippen LogP contribution in [0.3, 0.4) is 0 Å². The minimum Gasteiger partial charge on any atom is -0.381 e. The van der Waals surface area contributed by atoms with Crippen molar-refractivity contribution >= 4 is 16.8 Å². The maximum atomic E-state index is 13.2. The molecule has 1 aromatic heterocycles. The fraction of sp³-hybridized carbons (Fsp3) is 0.375. The molecule has 0 radical (unpaired) electrons. The molecule has 4 heteroatoms. The SMILES string of the molecule is O=C(NC1(c2ccccc2)CC1)c1cn(CC2CCOCC2)c2ccccc12. The Bertz CT molecular complexity index is 982. The summed E-state index contributed by atoms with van der Waals surface area (Å²) in [5.41, 5.74) is 2.94. The Hall–Kier alpha value is -2.59. The molecule has 2 fully saturated rings. The fourth-order valence-corrected chi connectivity index (χ4v) is 4.44. The van der Waals surface area contributed by atoms with Crippen LogP contribution in [-0.2, 0) is 16.8 Å². The highest BCUT2D eigenvalue weighted by molar-refractivity contribution is 6.07. The first-order chi connectivity index (χ1) is 13.8. The van der Waals surface area contributed by atoms with E-state index in [0.29, 0.717) is 5.92 Å². The number of benzene rings is 2. The Morgan fingerprint density at radius 1 is 1.04 bits per heavy atom. The van der Waals surface area contributed by atoms with Gasteiger partial charge in [-0.15, -0.1) is 0 Å². The summed E-state index contributed by atoms with van der Waals surface area (Å²) in [6, 6.07) is 18.6. The van der Waals surface area contributed by atoms with E-state index in [9.17, 15) is 4.79 Å². The average molecular weight is 374 g/mol. The molecular formula is C24H26N2O2. The zero-order chi connectivity index (χ0) is 19.0. The van der Waals surface area contributed by atoms with E-state index in [4.69, 9.17) is 4.74 Å². The number of para-hydroxylation sites is 1. The smallest absolute Gasteiger partial charge is 0.254 e. The summed E-state index contributed by atoms with van der Waals surface area (Å²) < 4.78 is 7.76. The molecule has 0 spiro atoms. The molecule has 1 aliphatic heterocycles. The number of fused-ring (bicyclic) bond motifs is 1. The summed E-state index contributed by atoms with van der Waals surface area (Å²) in [6.07, 6.45) is 6.24. The second-order valence-corrected chi connectivity index (χ2v) is 8.17. The lowest BCUT2D eigenvalue weighted by molar-refractivity contribution is 0.0616. The molecule has 0 bridgehead atoms. The third-order valence-electron chi connectivity index (χ3n) is 6.26. The normalized spacial score (nSPS) is 18.9. The van der Waals surface area contributed by atoms with Crippen LogP contribution in [0, 0.1) is 5.92 Å². The average Bonchev–Trinajstić information content (AvgIpc) is 3.44.